The van der Waals surface area contributed by atoms with E-state index in [-0.39, 0.29) is 11.4 Å². The zero-order valence-corrected chi connectivity index (χ0v) is 24.2. The van der Waals surface area contributed by atoms with E-state index >= 15 is 0 Å². The van der Waals surface area contributed by atoms with Crippen molar-refractivity contribution in [1.82, 2.24) is 4.98 Å². The predicted octanol–water partition coefficient (Wildman–Crippen LogP) is 6.72. The lowest BCUT2D eigenvalue weighted by Gasteiger charge is -2.13. The number of esters is 1. The number of nitrogens with zero attached hydrogens (tertiary/aromatic N) is 2. The number of ether oxygens (including phenoxy) is 3. The topological polar surface area (TPSA) is 124 Å². The maximum Gasteiger partial charge on any atom is 0.339 e. The third-order valence-corrected chi connectivity index (χ3v) is 7.11. The van der Waals surface area contributed by atoms with Crippen LogP contribution in [0, 0.1) is 18.3 Å². The Kier molecular flexibility index (Phi) is 8.39. The summed E-state index contributed by atoms with van der Waals surface area (Å²) in [5.74, 6) is 0.323. The summed E-state index contributed by atoms with van der Waals surface area (Å²) < 4.78 is 22.1. The maximum absolute atomic E-state index is 13.2. The molecule has 9 nitrogen and oxygen atoms in total. The van der Waals surface area contributed by atoms with Gasteiger partial charge in [-0.3, -0.25) is 15.1 Å². The third kappa shape index (κ3) is 5.76. The van der Waals surface area contributed by atoms with Gasteiger partial charge in [-0.2, -0.15) is 5.26 Å². The van der Waals surface area contributed by atoms with Gasteiger partial charge in [0.25, 0.3) is 5.91 Å². The van der Waals surface area contributed by atoms with Gasteiger partial charge in [-0.25, -0.2) is 4.79 Å². The zero-order chi connectivity index (χ0) is 30.5. The Morgan fingerprint density at radius 2 is 1.56 bits per heavy atom. The largest absolute Gasteiger partial charge is 0.497 e. The Balaban J connectivity index is 1.44. The van der Waals surface area contributed by atoms with Gasteiger partial charge in [-0.15, -0.1) is 0 Å². The van der Waals surface area contributed by atoms with Gasteiger partial charge in [-0.05, 0) is 66.9 Å². The van der Waals surface area contributed by atoms with Crippen molar-refractivity contribution >= 4 is 28.7 Å². The Hall–Kier alpha value is -5.62. The van der Waals surface area contributed by atoms with Crippen LogP contribution in [0.2, 0.25) is 0 Å². The molecule has 0 spiro atoms. The first-order valence-corrected chi connectivity index (χ1v) is 13.6. The molecule has 0 aliphatic carbocycles. The summed E-state index contributed by atoms with van der Waals surface area (Å²) >= 11 is 0. The Morgan fingerprint density at radius 1 is 0.930 bits per heavy atom. The standard InChI is InChI=1S/C34H29N3O6/c1-5-27-20(2)30(25-8-6-7-9-28(25)36-27)34(39)42-19-29(38)37-33-26(18-35)31(21-10-14-23(40-3)15-11-21)32(43-33)22-12-16-24(41-4)17-13-22/h6-17H,5,19H2,1-4H3,(H,37,38). The van der Waals surface area contributed by atoms with Gasteiger partial charge in [-0.1, -0.05) is 37.3 Å². The van der Waals surface area contributed by atoms with E-state index in [2.05, 4.69) is 16.4 Å². The van der Waals surface area contributed by atoms with Gasteiger partial charge in [0.15, 0.2) is 6.61 Å². The number of hydrogen-bond acceptors (Lipinski definition) is 8. The van der Waals surface area contributed by atoms with Gasteiger partial charge in [0.05, 0.1) is 25.3 Å². The van der Waals surface area contributed by atoms with Gasteiger partial charge in [0, 0.05) is 22.2 Å². The lowest BCUT2D eigenvalue weighted by molar-refractivity contribution is -0.119. The molecule has 0 aliphatic heterocycles. The number of furan rings is 1. The number of amides is 1. The molecule has 2 heterocycles. The monoisotopic (exact) mass is 575 g/mol. The second kappa shape index (κ2) is 12.5. The molecule has 9 heteroatoms. The number of aryl methyl sites for hydroxylation is 1. The molecule has 1 amide bonds. The number of rotatable bonds is 9. The average Bonchev–Trinajstić information content (AvgIpc) is 3.41. The summed E-state index contributed by atoms with van der Waals surface area (Å²) in [7, 11) is 3.14. The van der Waals surface area contributed by atoms with Crippen molar-refractivity contribution in [3.63, 3.8) is 0 Å². The number of methoxy groups -OCH3 is 2. The molecule has 43 heavy (non-hydrogen) atoms. The van der Waals surface area contributed by atoms with E-state index in [4.69, 9.17) is 18.6 Å². The molecule has 216 valence electrons. The molecule has 5 rings (SSSR count). The molecule has 5 aromatic rings. The SMILES string of the molecule is CCc1nc2ccccc2c(C(=O)OCC(=O)Nc2oc(-c3ccc(OC)cc3)c(-c3ccc(OC)cc3)c2C#N)c1C. The third-order valence-electron chi connectivity index (χ3n) is 7.11. The smallest absolute Gasteiger partial charge is 0.339 e. The zero-order valence-electron chi connectivity index (χ0n) is 24.2. The second-order valence-electron chi connectivity index (χ2n) is 9.63. The molecule has 0 saturated heterocycles. The molecule has 0 radical (unpaired) electrons. The van der Waals surface area contributed by atoms with Crippen LogP contribution in [-0.4, -0.2) is 37.7 Å². The highest BCUT2D eigenvalue weighted by Gasteiger charge is 2.25. The molecular formula is C34H29N3O6. The van der Waals surface area contributed by atoms with Gasteiger partial charge < -0.3 is 18.6 Å². The minimum atomic E-state index is -0.659. The molecule has 1 N–H and O–H groups in total. The Labute approximate surface area is 248 Å². The number of hydrogen-bond donors (Lipinski definition) is 1. The number of para-hydroxylation sites is 1. The Morgan fingerprint density at radius 3 is 2.16 bits per heavy atom. The highest BCUT2D eigenvalue weighted by atomic mass is 16.5. The van der Waals surface area contributed by atoms with E-state index in [9.17, 15) is 14.9 Å². The minimum Gasteiger partial charge on any atom is -0.497 e. The van der Waals surface area contributed by atoms with Crippen LogP contribution in [0.5, 0.6) is 11.5 Å². The number of benzene rings is 3. The summed E-state index contributed by atoms with van der Waals surface area (Å²) in [6, 6.07) is 23.7. The molecule has 0 atom stereocenters. The van der Waals surface area contributed by atoms with E-state index in [1.54, 1.807) is 68.8 Å². The van der Waals surface area contributed by atoms with Crippen molar-refractivity contribution in [2.45, 2.75) is 20.3 Å². The van der Waals surface area contributed by atoms with Crippen molar-refractivity contribution in [3.8, 4) is 40.0 Å². The highest BCUT2D eigenvalue weighted by molar-refractivity contribution is 6.06. The van der Waals surface area contributed by atoms with Gasteiger partial charge in [0.1, 0.15) is 28.9 Å². The van der Waals surface area contributed by atoms with E-state index < -0.39 is 18.5 Å². The van der Waals surface area contributed by atoms with E-state index in [0.717, 1.165) is 5.69 Å². The van der Waals surface area contributed by atoms with Crippen LogP contribution in [0.4, 0.5) is 5.88 Å². The molecule has 0 saturated carbocycles. The van der Waals surface area contributed by atoms with Crippen molar-refractivity contribution in [2.75, 3.05) is 26.1 Å². The first-order valence-electron chi connectivity index (χ1n) is 13.6. The first kappa shape index (κ1) is 28.9. The summed E-state index contributed by atoms with van der Waals surface area (Å²) in [4.78, 5) is 30.9. The van der Waals surface area contributed by atoms with Crippen LogP contribution >= 0.6 is 0 Å². The molecule has 3 aromatic carbocycles. The molecule has 0 bridgehead atoms. The van der Waals surface area contributed by atoms with Crippen molar-refractivity contribution in [2.24, 2.45) is 0 Å². The quantitative estimate of drug-likeness (QED) is 0.192. The normalized spacial score (nSPS) is 10.7. The second-order valence-corrected chi connectivity index (χ2v) is 9.63. The van der Waals surface area contributed by atoms with Gasteiger partial charge in [0.2, 0.25) is 5.88 Å². The number of fused-ring (bicyclic) bond motifs is 1. The van der Waals surface area contributed by atoms with Crippen LogP contribution < -0.4 is 14.8 Å². The maximum atomic E-state index is 13.2. The molecule has 2 aromatic heterocycles. The van der Waals surface area contributed by atoms with Crippen molar-refractivity contribution in [3.05, 3.63) is 95.2 Å². The molecule has 0 aliphatic rings. The summed E-state index contributed by atoms with van der Waals surface area (Å²) in [5, 5.41) is 13.4. The average molecular weight is 576 g/mol. The summed E-state index contributed by atoms with van der Waals surface area (Å²) in [6.45, 7) is 3.19. The van der Waals surface area contributed by atoms with Crippen molar-refractivity contribution < 1.29 is 28.2 Å². The lowest BCUT2D eigenvalue weighted by Crippen LogP contribution is -2.22. The van der Waals surface area contributed by atoms with Crippen LogP contribution in [0.25, 0.3) is 33.4 Å². The fourth-order valence-corrected chi connectivity index (χ4v) is 4.94. The van der Waals surface area contributed by atoms with Crippen molar-refractivity contribution in [1.29, 1.82) is 5.26 Å². The van der Waals surface area contributed by atoms with Crippen LogP contribution in [0.1, 0.15) is 34.1 Å². The van der Waals surface area contributed by atoms with Gasteiger partial charge >= 0.3 is 5.97 Å². The Bertz CT molecular complexity index is 1850. The van der Waals surface area contributed by atoms with E-state index in [1.165, 1.54) is 0 Å². The van der Waals surface area contributed by atoms with E-state index in [0.29, 0.717) is 62.4 Å². The number of nitrogens with one attached hydrogen (secondary N) is 1. The lowest BCUT2D eigenvalue weighted by atomic mass is 9.98. The van der Waals surface area contributed by atoms with E-state index in [1.807, 2.05) is 32.0 Å². The number of aromatic nitrogens is 1. The highest BCUT2D eigenvalue weighted by Crippen LogP contribution is 2.42. The summed E-state index contributed by atoms with van der Waals surface area (Å²) in [5.41, 5.74) is 4.50. The number of carbonyl (C=O) groups is 2. The fourth-order valence-electron chi connectivity index (χ4n) is 4.94. The van der Waals surface area contributed by atoms with Crippen LogP contribution in [-0.2, 0) is 16.0 Å². The number of pyridine rings is 1. The predicted molar refractivity (Wildman–Crippen MR) is 162 cm³/mol. The van der Waals surface area contributed by atoms with Crippen LogP contribution in [0.15, 0.2) is 77.2 Å². The fraction of sp³-hybridized carbons (Fsp3) is 0.176. The molecule has 0 unspecified atom stereocenters. The minimum absolute atomic E-state index is 0.0565. The molecule has 0 fully saturated rings. The number of nitriles is 1. The van der Waals surface area contributed by atoms with Crippen LogP contribution in [0.3, 0.4) is 0 Å². The first-order chi connectivity index (χ1) is 20.9. The number of carbonyl (C=O) groups excluding carboxylic acids is 2. The number of anilines is 1. The summed E-state index contributed by atoms with van der Waals surface area (Å²) in [6.07, 6.45) is 0.639. The molecular weight excluding hydrogens is 546 g/mol.